The summed E-state index contributed by atoms with van der Waals surface area (Å²) in [5, 5.41) is 4.08. The van der Waals surface area contributed by atoms with Crippen LogP contribution in [0.5, 0.6) is 5.75 Å². The molecule has 0 amide bonds. The summed E-state index contributed by atoms with van der Waals surface area (Å²) in [6.45, 7) is 3.10. The van der Waals surface area contributed by atoms with Crippen molar-refractivity contribution in [3.05, 3.63) is 24.3 Å². The molecular weight excluding hydrogens is 356 g/mol. The van der Waals surface area contributed by atoms with Gasteiger partial charge in [0.15, 0.2) is 9.84 Å². The first-order valence-corrected chi connectivity index (χ1v) is 10.5. The predicted octanol–water partition coefficient (Wildman–Crippen LogP) is 1.05. The molecule has 26 heavy (non-hydrogen) atoms. The van der Waals surface area contributed by atoms with Crippen molar-refractivity contribution in [3.8, 4) is 17.1 Å². The van der Waals surface area contributed by atoms with Crippen molar-refractivity contribution in [3.63, 3.8) is 0 Å². The Morgan fingerprint density at radius 3 is 2.73 bits per heavy atom. The van der Waals surface area contributed by atoms with Gasteiger partial charge in [0.2, 0.25) is 5.82 Å². The Hall–Kier alpha value is -2.13. The summed E-state index contributed by atoms with van der Waals surface area (Å²) < 4.78 is 34.0. The Balaban J connectivity index is 1.40. The molecule has 0 bridgehead atoms. The van der Waals surface area contributed by atoms with Crippen molar-refractivity contribution in [2.75, 3.05) is 49.7 Å². The molecule has 0 N–H and O–H groups in total. The standard InChI is InChI=1S/C17H22N4O4S/c1-24-15-4-2-3-13(11-15)16-18-17(25-19-16)21-8-6-20(7-9-21)14-5-10-26(22,23)12-14/h2-4,11,14H,5-10,12H2,1H3. The maximum atomic E-state index is 11.7. The second kappa shape index (κ2) is 6.88. The van der Waals surface area contributed by atoms with Crippen molar-refractivity contribution >= 4 is 15.9 Å². The number of rotatable bonds is 4. The van der Waals surface area contributed by atoms with Crippen LogP contribution in [0.25, 0.3) is 11.4 Å². The number of nitrogens with zero attached hydrogens (tertiary/aromatic N) is 4. The van der Waals surface area contributed by atoms with Gasteiger partial charge in [0, 0.05) is 37.8 Å². The van der Waals surface area contributed by atoms with E-state index in [9.17, 15) is 8.42 Å². The van der Waals surface area contributed by atoms with Crippen LogP contribution in [-0.4, -0.2) is 74.3 Å². The van der Waals surface area contributed by atoms with Crippen molar-refractivity contribution in [2.24, 2.45) is 0 Å². The molecule has 0 radical (unpaired) electrons. The normalized spacial score (nSPS) is 23.3. The monoisotopic (exact) mass is 378 g/mol. The van der Waals surface area contributed by atoms with Crippen LogP contribution < -0.4 is 9.64 Å². The third-order valence-electron chi connectivity index (χ3n) is 5.05. The van der Waals surface area contributed by atoms with Crippen molar-refractivity contribution < 1.29 is 17.7 Å². The van der Waals surface area contributed by atoms with E-state index in [0.29, 0.717) is 17.6 Å². The Labute approximate surface area is 152 Å². The predicted molar refractivity (Wildman–Crippen MR) is 97.1 cm³/mol. The second-order valence-electron chi connectivity index (χ2n) is 6.71. The highest BCUT2D eigenvalue weighted by atomic mass is 32.2. The Morgan fingerprint density at radius 2 is 2.04 bits per heavy atom. The maximum Gasteiger partial charge on any atom is 0.324 e. The zero-order valence-electron chi connectivity index (χ0n) is 14.7. The minimum atomic E-state index is -2.85. The Kier molecular flexibility index (Phi) is 4.58. The van der Waals surface area contributed by atoms with Gasteiger partial charge in [-0.15, -0.1) is 0 Å². The van der Waals surface area contributed by atoms with Crippen LogP contribution >= 0.6 is 0 Å². The zero-order chi connectivity index (χ0) is 18.1. The molecule has 8 nitrogen and oxygen atoms in total. The molecule has 1 aromatic heterocycles. The molecule has 3 heterocycles. The van der Waals surface area contributed by atoms with Gasteiger partial charge in [-0.3, -0.25) is 4.90 Å². The molecule has 4 rings (SSSR count). The summed E-state index contributed by atoms with van der Waals surface area (Å²) in [6, 6.07) is 8.19. The van der Waals surface area contributed by atoms with Gasteiger partial charge in [-0.05, 0) is 18.6 Å². The molecule has 0 saturated carbocycles. The molecule has 1 atom stereocenters. The molecule has 2 aliphatic rings. The van der Waals surface area contributed by atoms with E-state index in [0.717, 1.165) is 43.9 Å². The van der Waals surface area contributed by atoms with Crippen LogP contribution in [0.3, 0.4) is 0 Å². The molecule has 1 unspecified atom stereocenters. The third-order valence-corrected chi connectivity index (χ3v) is 6.80. The SMILES string of the molecule is COc1cccc(-c2noc(N3CCN(C4CCS(=O)(=O)C4)CC3)n2)c1. The topological polar surface area (TPSA) is 88.8 Å². The van der Waals surface area contributed by atoms with Crippen LogP contribution in [0.1, 0.15) is 6.42 Å². The zero-order valence-corrected chi connectivity index (χ0v) is 15.5. The molecule has 9 heteroatoms. The summed E-state index contributed by atoms with van der Waals surface area (Å²) >= 11 is 0. The smallest absolute Gasteiger partial charge is 0.324 e. The first-order valence-electron chi connectivity index (χ1n) is 8.72. The lowest BCUT2D eigenvalue weighted by Gasteiger charge is -2.36. The van der Waals surface area contributed by atoms with E-state index in [2.05, 4.69) is 19.9 Å². The molecule has 2 saturated heterocycles. The lowest BCUT2D eigenvalue weighted by atomic mass is 10.2. The van der Waals surface area contributed by atoms with Gasteiger partial charge in [0.1, 0.15) is 5.75 Å². The second-order valence-corrected chi connectivity index (χ2v) is 8.94. The number of hydrogen-bond acceptors (Lipinski definition) is 8. The number of ether oxygens (including phenoxy) is 1. The highest BCUT2D eigenvalue weighted by Gasteiger charge is 2.34. The summed E-state index contributed by atoms with van der Waals surface area (Å²) in [5.74, 6) is 1.87. The van der Waals surface area contributed by atoms with Crippen LogP contribution in [0, 0.1) is 0 Å². The number of anilines is 1. The minimum Gasteiger partial charge on any atom is -0.497 e. The first-order chi connectivity index (χ1) is 12.5. The average Bonchev–Trinajstić information content (AvgIpc) is 3.29. The quantitative estimate of drug-likeness (QED) is 0.780. The van der Waals surface area contributed by atoms with Gasteiger partial charge in [-0.25, -0.2) is 8.42 Å². The Morgan fingerprint density at radius 1 is 1.23 bits per heavy atom. The fourth-order valence-corrected chi connectivity index (χ4v) is 5.33. The van der Waals surface area contributed by atoms with E-state index < -0.39 is 9.84 Å². The van der Waals surface area contributed by atoms with Gasteiger partial charge in [0.05, 0.1) is 18.6 Å². The van der Waals surface area contributed by atoms with Crippen LogP contribution in [0.15, 0.2) is 28.8 Å². The summed E-state index contributed by atoms with van der Waals surface area (Å²) in [7, 11) is -1.23. The van der Waals surface area contributed by atoms with Gasteiger partial charge < -0.3 is 14.2 Å². The third kappa shape index (κ3) is 3.54. The minimum absolute atomic E-state index is 0.150. The fourth-order valence-electron chi connectivity index (χ4n) is 3.57. The van der Waals surface area contributed by atoms with E-state index in [1.807, 2.05) is 24.3 Å². The molecule has 2 aromatic rings. The number of sulfone groups is 1. The maximum absolute atomic E-state index is 11.7. The number of methoxy groups -OCH3 is 1. The first kappa shape index (κ1) is 17.3. The number of aromatic nitrogens is 2. The van der Waals surface area contributed by atoms with Gasteiger partial charge >= 0.3 is 6.01 Å². The lowest BCUT2D eigenvalue weighted by Crippen LogP contribution is -2.50. The molecule has 0 spiro atoms. The number of hydrogen-bond donors (Lipinski definition) is 0. The van der Waals surface area contributed by atoms with Crippen LogP contribution in [-0.2, 0) is 9.84 Å². The highest BCUT2D eigenvalue weighted by Crippen LogP contribution is 2.25. The molecule has 2 fully saturated rings. The van der Waals surface area contributed by atoms with E-state index in [-0.39, 0.29) is 11.8 Å². The number of benzene rings is 1. The average molecular weight is 378 g/mol. The van der Waals surface area contributed by atoms with Gasteiger partial charge in [0.25, 0.3) is 0 Å². The number of piperazine rings is 1. The highest BCUT2D eigenvalue weighted by molar-refractivity contribution is 7.91. The summed E-state index contributed by atoms with van der Waals surface area (Å²) in [5.41, 5.74) is 0.842. The van der Waals surface area contributed by atoms with Crippen molar-refractivity contribution in [2.45, 2.75) is 12.5 Å². The van der Waals surface area contributed by atoms with Crippen LogP contribution in [0.4, 0.5) is 6.01 Å². The summed E-state index contributed by atoms with van der Waals surface area (Å²) in [4.78, 5) is 8.82. The van der Waals surface area contributed by atoms with Gasteiger partial charge in [-0.1, -0.05) is 17.3 Å². The molecular formula is C17H22N4O4S. The van der Waals surface area contributed by atoms with Gasteiger partial charge in [-0.2, -0.15) is 4.98 Å². The molecule has 140 valence electrons. The summed E-state index contributed by atoms with van der Waals surface area (Å²) in [6.07, 6.45) is 0.739. The van der Waals surface area contributed by atoms with E-state index >= 15 is 0 Å². The molecule has 0 aliphatic carbocycles. The molecule has 2 aliphatic heterocycles. The van der Waals surface area contributed by atoms with Crippen LogP contribution in [0.2, 0.25) is 0 Å². The Bertz CT molecular complexity index is 874. The largest absolute Gasteiger partial charge is 0.497 e. The molecule has 1 aromatic carbocycles. The van der Waals surface area contributed by atoms with E-state index in [1.165, 1.54) is 0 Å². The fraction of sp³-hybridized carbons (Fsp3) is 0.529. The van der Waals surface area contributed by atoms with Crippen molar-refractivity contribution in [1.82, 2.24) is 15.0 Å². The van der Waals surface area contributed by atoms with E-state index in [1.54, 1.807) is 7.11 Å². The lowest BCUT2D eigenvalue weighted by molar-refractivity contribution is 0.196. The van der Waals surface area contributed by atoms with E-state index in [4.69, 9.17) is 9.26 Å². The van der Waals surface area contributed by atoms with Crippen molar-refractivity contribution in [1.29, 1.82) is 0 Å².